The van der Waals surface area contributed by atoms with Crippen LogP contribution >= 0.6 is 7.82 Å². The van der Waals surface area contributed by atoms with E-state index in [-0.39, 0.29) is 38.6 Å². The van der Waals surface area contributed by atoms with E-state index in [1.165, 1.54) is 225 Å². The van der Waals surface area contributed by atoms with Gasteiger partial charge < -0.3 is 20.1 Å². The Morgan fingerprint density at radius 3 is 0.984 bits per heavy atom. The van der Waals surface area contributed by atoms with Gasteiger partial charge in [0.25, 0.3) is 0 Å². The van der Waals surface area contributed by atoms with Gasteiger partial charge >= 0.3 is 19.8 Å². The van der Waals surface area contributed by atoms with Gasteiger partial charge in [-0.05, 0) is 12.8 Å². The summed E-state index contributed by atoms with van der Waals surface area (Å²) in [7, 11) is -4.37. The summed E-state index contributed by atoms with van der Waals surface area (Å²) in [6.45, 7) is 3.75. The first-order valence-electron chi connectivity index (χ1n) is 27.0. The number of carbonyl (C=O) groups is 2. The molecule has 0 amide bonds. The third kappa shape index (κ3) is 48.5. The van der Waals surface area contributed by atoms with E-state index in [0.29, 0.717) is 6.42 Å². The summed E-state index contributed by atoms with van der Waals surface area (Å²) >= 11 is 0. The van der Waals surface area contributed by atoms with Crippen LogP contribution in [0, 0.1) is 0 Å². The molecule has 370 valence electrons. The summed E-state index contributed by atoms with van der Waals surface area (Å²) in [6, 6.07) is 0. The van der Waals surface area contributed by atoms with Gasteiger partial charge in [0.2, 0.25) is 0 Å². The molecule has 0 aromatic rings. The van der Waals surface area contributed by atoms with Crippen LogP contribution in [0.2, 0.25) is 0 Å². The number of ether oxygens (including phenoxy) is 2. The zero-order chi connectivity index (χ0) is 45.3. The van der Waals surface area contributed by atoms with Gasteiger partial charge in [-0.15, -0.1) is 0 Å². The van der Waals surface area contributed by atoms with E-state index in [0.717, 1.165) is 32.1 Å². The quantitative estimate of drug-likeness (QED) is 0.0347. The molecule has 0 radical (unpaired) electrons. The van der Waals surface area contributed by atoms with Gasteiger partial charge in [0.15, 0.2) is 6.10 Å². The molecule has 3 N–H and O–H groups in total. The number of rotatable bonds is 52. The normalized spacial score (nSPS) is 13.0. The Bertz CT molecular complexity index is 984. The number of hydrogen-bond acceptors (Lipinski definition) is 8. The molecule has 0 spiro atoms. The third-order valence-electron chi connectivity index (χ3n) is 12.2. The predicted molar refractivity (Wildman–Crippen MR) is 262 cm³/mol. The fourth-order valence-electron chi connectivity index (χ4n) is 8.23. The van der Waals surface area contributed by atoms with Crippen molar-refractivity contribution in [3.63, 3.8) is 0 Å². The summed E-state index contributed by atoms with van der Waals surface area (Å²) in [5.41, 5.74) is 5.35. The lowest BCUT2D eigenvalue weighted by molar-refractivity contribution is -0.161. The molecule has 0 aromatic carbocycles. The molecule has 0 saturated carbocycles. The van der Waals surface area contributed by atoms with Crippen LogP contribution in [0.25, 0.3) is 0 Å². The fourth-order valence-corrected chi connectivity index (χ4v) is 8.99. The summed E-state index contributed by atoms with van der Waals surface area (Å²) in [4.78, 5) is 34.8. The number of carbonyl (C=O) groups excluding carboxylic acids is 2. The monoisotopic (exact) mass is 902 g/mol. The minimum absolute atomic E-state index is 0.0580. The largest absolute Gasteiger partial charge is 0.472 e. The molecule has 10 heteroatoms. The zero-order valence-electron chi connectivity index (χ0n) is 41.1. The van der Waals surface area contributed by atoms with Crippen molar-refractivity contribution in [2.75, 3.05) is 26.4 Å². The van der Waals surface area contributed by atoms with E-state index >= 15 is 0 Å². The van der Waals surface area contributed by atoms with Crippen LogP contribution in [0.1, 0.15) is 290 Å². The smallest absolute Gasteiger partial charge is 0.462 e. The highest BCUT2D eigenvalue weighted by Crippen LogP contribution is 2.43. The Morgan fingerprint density at radius 2 is 0.694 bits per heavy atom. The van der Waals surface area contributed by atoms with Crippen LogP contribution in [0.3, 0.4) is 0 Å². The summed E-state index contributed by atoms with van der Waals surface area (Å²) in [6.07, 6.45) is 53.5. The van der Waals surface area contributed by atoms with Gasteiger partial charge in [-0.2, -0.15) is 0 Å². The van der Waals surface area contributed by atoms with E-state index in [1.807, 2.05) is 0 Å². The fraction of sp³-hybridized carbons (Fsp3) is 0.962. The van der Waals surface area contributed by atoms with Crippen LogP contribution in [-0.2, 0) is 32.7 Å². The average molecular weight is 902 g/mol. The average Bonchev–Trinajstić information content (AvgIpc) is 3.26. The van der Waals surface area contributed by atoms with Gasteiger partial charge in [-0.25, -0.2) is 4.57 Å². The number of phosphoric acid groups is 1. The van der Waals surface area contributed by atoms with Crippen molar-refractivity contribution in [1.29, 1.82) is 0 Å². The Kier molecular flexibility index (Phi) is 48.7. The van der Waals surface area contributed by atoms with Gasteiger partial charge in [-0.1, -0.05) is 264 Å². The second kappa shape index (κ2) is 49.4. The first kappa shape index (κ1) is 61.0. The number of phosphoric ester groups is 1. The van der Waals surface area contributed by atoms with Crippen molar-refractivity contribution in [2.24, 2.45) is 5.73 Å². The lowest BCUT2D eigenvalue weighted by atomic mass is 10.0. The van der Waals surface area contributed by atoms with Crippen LogP contribution in [0.5, 0.6) is 0 Å². The standard InChI is InChI=1S/C52H104NO8P/c1-3-5-7-9-11-13-14-15-16-17-18-19-20-21-22-23-24-25-26-27-28-29-30-31-32-33-34-35-36-37-39-41-43-45-52(55)61-50(49-60-62(56,57)59-47-46-53)48-58-51(54)44-42-40-38-12-10-8-6-4-2/h50H,3-49,53H2,1-2H3,(H,56,57). The molecule has 2 unspecified atom stereocenters. The molecule has 0 saturated heterocycles. The topological polar surface area (TPSA) is 134 Å². The zero-order valence-corrected chi connectivity index (χ0v) is 42.0. The molecule has 0 aliphatic rings. The molecule has 2 atom stereocenters. The molecule has 0 rings (SSSR count). The maximum Gasteiger partial charge on any atom is 0.472 e. The van der Waals surface area contributed by atoms with E-state index in [9.17, 15) is 19.0 Å². The predicted octanol–water partition coefficient (Wildman–Crippen LogP) is 16.3. The number of nitrogens with two attached hydrogens (primary N) is 1. The highest BCUT2D eigenvalue weighted by atomic mass is 31.2. The minimum atomic E-state index is -4.37. The van der Waals surface area contributed by atoms with E-state index in [1.54, 1.807) is 0 Å². The van der Waals surface area contributed by atoms with Crippen molar-refractivity contribution in [1.82, 2.24) is 0 Å². The van der Waals surface area contributed by atoms with Gasteiger partial charge in [-0.3, -0.25) is 18.6 Å². The van der Waals surface area contributed by atoms with Gasteiger partial charge in [0.05, 0.1) is 13.2 Å². The third-order valence-corrected chi connectivity index (χ3v) is 13.2. The van der Waals surface area contributed by atoms with Gasteiger partial charge in [0, 0.05) is 19.4 Å². The Hall–Kier alpha value is -0.990. The van der Waals surface area contributed by atoms with Crippen LogP contribution in [-0.4, -0.2) is 49.3 Å². The molecule has 0 aliphatic heterocycles. The molecule has 0 aromatic heterocycles. The summed E-state index contributed by atoms with van der Waals surface area (Å²) in [5, 5.41) is 0. The number of esters is 2. The van der Waals surface area contributed by atoms with E-state index in [2.05, 4.69) is 13.8 Å². The summed E-state index contributed by atoms with van der Waals surface area (Å²) in [5.74, 6) is -0.816. The van der Waals surface area contributed by atoms with Crippen LogP contribution in [0.4, 0.5) is 0 Å². The number of hydrogen-bond donors (Lipinski definition) is 2. The second-order valence-electron chi connectivity index (χ2n) is 18.5. The van der Waals surface area contributed by atoms with Crippen LogP contribution in [0.15, 0.2) is 0 Å². The minimum Gasteiger partial charge on any atom is -0.462 e. The number of unbranched alkanes of at least 4 members (excludes halogenated alkanes) is 39. The Morgan fingerprint density at radius 1 is 0.419 bits per heavy atom. The highest BCUT2D eigenvalue weighted by molar-refractivity contribution is 7.47. The molecule has 0 bridgehead atoms. The first-order chi connectivity index (χ1) is 30.3. The maximum absolute atomic E-state index is 12.6. The summed E-state index contributed by atoms with van der Waals surface area (Å²) < 4.78 is 32.8. The molecule has 62 heavy (non-hydrogen) atoms. The van der Waals surface area contributed by atoms with Crippen molar-refractivity contribution < 1.29 is 37.6 Å². The highest BCUT2D eigenvalue weighted by Gasteiger charge is 2.26. The molecular formula is C52H104NO8P. The molecule has 9 nitrogen and oxygen atoms in total. The lowest BCUT2D eigenvalue weighted by Crippen LogP contribution is -2.29. The molecular weight excluding hydrogens is 798 g/mol. The molecule has 0 heterocycles. The Balaban J connectivity index is 3.71. The van der Waals surface area contributed by atoms with Crippen molar-refractivity contribution in [3.05, 3.63) is 0 Å². The van der Waals surface area contributed by atoms with Crippen molar-refractivity contribution >= 4 is 19.8 Å². The lowest BCUT2D eigenvalue weighted by Gasteiger charge is -2.19. The van der Waals surface area contributed by atoms with Crippen molar-refractivity contribution in [3.8, 4) is 0 Å². The SMILES string of the molecule is CCCCCCCCCCCCCCCCCCCCCCCCCCCCCCCCCCCC(=O)OC(COC(=O)CCCCCCCCCC)COP(=O)(O)OCCN. The second-order valence-corrected chi connectivity index (χ2v) is 19.9. The van der Waals surface area contributed by atoms with Gasteiger partial charge in [0.1, 0.15) is 6.61 Å². The first-order valence-corrected chi connectivity index (χ1v) is 28.5. The van der Waals surface area contributed by atoms with Crippen LogP contribution < -0.4 is 5.73 Å². The molecule has 0 fully saturated rings. The maximum atomic E-state index is 12.6. The van der Waals surface area contributed by atoms with E-state index < -0.39 is 26.5 Å². The van der Waals surface area contributed by atoms with E-state index in [4.69, 9.17) is 24.3 Å². The molecule has 0 aliphatic carbocycles. The Labute approximate surface area is 384 Å². The van der Waals surface area contributed by atoms with Crippen molar-refractivity contribution in [2.45, 2.75) is 296 Å².